The number of aromatic nitrogens is 2. The first kappa shape index (κ1) is 25.6. The van der Waals surface area contributed by atoms with Crippen molar-refractivity contribution < 1.29 is 28.6 Å². The minimum Gasteiger partial charge on any atom is -0.486 e. The highest BCUT2D eigenvalue weighted by Gasteiger charge is 2.54. The molecule has 192 valence electrons. The Bertz CT molecular complexity index is 1390. The monoisotopic (exact) mass is 578 g/mol. The van der Waals surface area contributed by atoms with Crippen LogP contribution < -0.4 is 10.1 Å². The molecule has 2 N–H and O–H groups in total. The maximum absolute atomic E-state index is 12.9. The number of halogens is 1. The lowest BCUT2D eigenvalue weighted by molar-refractivity contribution is -0.148. The third-order valence-electron chi connectivity index (χ3n) is 5.49. The quantitative estimate of drug-likeness (QED) is 0.285. The van der Waals surface area contributed by atoms with Crippen LogP contribution in [0.4, 0.5) is 0 Å². The molecule has 2 aliphatic heterocycles. The van der Waals surface area contributed by atoms with Crippen LogP contribution in [-0.2, 0) is 16.2 Å². The Morgan fingerprint density at radius 3 is 2.76 bits per heavy atom. The highest BCUT2D eigenvalue weighted by molar-refractivity contribution is 8.01. The number of aliphatic carboxylic acids is 1. The van der Waals surface area contributed by atoms with Gasteiger partial charge < -0.3 is 19.6 Å². The van der Waals surface area contributed by atoms with Gasteiger partial charge in [-0.2, -0.15) is 0 Å². The number of ether oxygens (including phenoxy) is 1. The normalized spacial score (nSPS) is 18.9. The van der Waals surface area contributed by atoms with Crippen LogP contribution in [-0.4, -0.2) is 60.9 Å². The van der Waals surface area contributed by atoms with Gasteiger partial charge in [-0.1, -0.05) is 34.7 Å². The number of amides is 2. The fraction of sp³-hybridized carbons (Fsp3) is 0.261. The van der Waals surface area contributed by atoms with Gasteiger partial charge in [-0.15, -0.1) is 22.0 Å². The van der Waals surface area contributed by atoms with Crippen molar-refractivity contribution >= 4 is 64.2 Å². The van der Waals surface area contributed by atoms with Gasteiger partial charge in [-0.3, -0.25) is 14.5 Å². The zero-order valence-electron chi connectivity index (χ0n) is 19.2. The summed E-state index contributed by atoms with van der Waals surface area (Å²) in [6, 6.07) is 9.09. The molecule has 0 unspecified atom stereocenters. The van der Waals surface area contributed by atoms with E-state index in [0.29, 0.717) is 33.6 Å². The van der Waals surface area contributed by atoms with E-state index in [9.17, 15) is 19.5 Å². The fourth-order valence-corrected chi connectivity index (χ4v) is 7.18. The highest BCUT2D eigenvalue weighted by atomic mass is 35.5. The largest absolute Gasteiger partial charge is 0.486 e. The average molecular weight is 579 g/mol. The number of hydrogen-bond acceptors (Lipinski definition) is 10. The smallest absolute Gasteiger partial charge is 0.352 e. The van der Waals surface area contributed by atoms with Crippen LogP contribution >= 0.6 is 46.5 Å². The molecule has 4 heterocycles. The van der Waals surface area contributed by atoms with Gasteiger partial charge in [0.25, 0.3) is 11.8 Å². The summed E-state index contributed by atoms with van der Waals surface area (Å²) in [7, 11) is 0. The molecule has 2 amide bonds. The molecule has 37 heavy (non-hydrogen) atoms. The summed E-state index contributed by atoms with van der Waals surface area (Å²) < 4.78 is 11.9. The number of fused-ring (bicyclic) bond motifs is 1. The second-order valence-electron chi connectivity index (χ2n) is 8.00. The summed E-state index contributed by atoms with van der Waals surface area (Å²) in [6.07, 6.45) is 0. The third kappa shape index (κ3) is 5.49. The first-order valence-electron chi connectivity index (χ1n) is 10.9. The first-order valence-corrected chi connectivity index (χ1v) is 14.1. The molecule has 1 saturated heterocycles. The number of carbonyl (C=O) groups excluding carboxylic acids is 2. The molecule has 14 heteroatoms. The lowest BCUT2D eigenvalue weighted by Crippen LogP contribution is -2.70. The molecule has 2 atom stereocenters. The number of furan rings is 1. The number of thioether (sulfide) groups is 2. The molecule has 0 aliphatic carbocycles. The van der Waals surface area contributed by atoms with Crippen LogP contribution in [0.3, 0.4) is 0 Å². The van der Waals surface area contributed by atoms with E-state index in [4.69, 9.17) is 20.8 Å². The standard InChI is InChI=1S/C23H19ClN4O6S3/c1-11-26-27-23(37-11)36-10-12-9-35-21-17(20(30)28(21)18(12)22(31)32)25-19(29)16-7-6-15(34-16)8-33-14-4-2-13(24)3-5-14/h2-7,17,21H,8-10H2,1H3,(H,25,29)(H,31,32)/t17-,21+/m0/s1. The van der Waals surface area contributed by atoms with Crippen LogP contribution in [0.5, 0.6) is 5.75 Å². The van der Waals surface area contributed by atoms with Crippen molar-refractivity contribution in [2.75, 3.05) is 11.5 Å². The second-order valence-corrected chi connectivity index (χ2v) is 11.9. The predicted molar refractivity (Wildman–Crippen MR) is 139 cm³/mol. The minimum absolute atomic E-state index is 0.0280. The average Bonchev–Trinajstić information content (AvgIpc) is 3.53. The van der Waals surface area contributed by atoms with Crippen molar-refractivity contribution in [2.24, 2.45) is 0 Å². The Balaban J connectivity index is 1.20. The van der Waals surface area contributed by atoms with E-state index in [1.807, 2.05) is 6.92 Å². The van der Waals surface area contributed by atoms with Crippen molar-refractivity contribution in [1.82, 2.24) is 20.4 Å². The fourth-order valence-electron chi connectivity index (χ4n) is 3.76. The molecule has 2 aromatic heterocycles. The number of benzene rings is 1. The van der Waals surface area contributed by atoms with Gasteiger partial charge in [0.05, 0.1) is 0 Å². The Labute approximate surface area is 228 Å². The van der Waals surface area contributed by atoms with Crippen LogP contribution in [0.1, 0.15) is 21.3 Å². The van der Waals surface area contributed by atoms with Gasteiger partial charge in [0.15, 0.2) is 10.1 Å². The molecule has 10 nitrogen and oxygen atoms in total. The molecule has 2 aliphatic rings. The van der Waals surface area contributed by atoms with Gasteiger partial charge in [0, 0.05) is 16.5 Å². The van der Waals surface area contributed by atoms with E-state index in [1.165, 1.54) is 45.8 Å². The number of aryl methyl sites for hydroxylation is 1. The predicted octanol–water partition coefficient (Wildman–Crippen LogP) is 3.82. The maximum Gasteiger partial charge on any atom is 0.352 e. The number of hydrogen-bond donors (Lipinski definition) is 2. The van der Waals surface area contributed by atoms with E-state index in [1.54, 1.807) is 30.3 Å². The topological polar surface area (TPSA) is 135 Å². The molecule has 0 bridgehead atoms. The molecule has 5 rings (SSSR count). The Morgan fingerprint density at radius 2 is 2.05 bits per heavy atom. The SMILES string of the molecule is Cc1nnc(SCC2=C(C(=O)O)N3C(=O)[C@H](NC(=O)c4ccc(COc5ccc(Cl)cc5)o4)[C@H]3SC2)s1. The van der Waals surface area contributed by atoms with E-state index in [2.05, 4.69) is 15.5 Å². The Morgan fingerprint density at radius 1 is 1.27 bits per heavy atom. The van der Waals surface area contributed by atoms with Crippen molar-refractivity contribution in [1.29, 1.82) is 0 Å². The number of nitrogens with zero attached hydrogens (tertiary/aromatic N) is 3. The lowest BCUT2D eigenvalue weighted by atomic mass is 10.0. The van der Waals surface area contributed by atoms with Gasteiger partial charge >= 0.3 is 5.97 Å². The summed E-state index contributed by atoms with van der Waals surface area (Å²) in [6.45, 7) is 1.95. The van der Waals surface area contributed by atoms with Crippen LogP contribution in [0.2, 0.25) is 5.02 Å². The summed E-state index contributed by atoms with van der Waals surface area (Å²) in [4.78, 5) is 38.9. The van der Waals surface area contributed by atoms with Gasteiger partial charge in [0.1, 0.15) is 40.2 Å². The van der Waals surface area contributed by atoms with Crippen LogP contribution in [0, 0.1) is 6.92 Å². The zero-order valence-corrected chi connectivity index (χ0v) is 22.4. The van der Waals surface area contributed by atoms with Gasteiger partial charge in [0.2, 0.25) is 0 Å². The lowest BCUT2D eigenvalue weighted by Gasteiger charge is -2.49. The summed E-state index contributed by atoms with van der Waals surface area (Å²) in [5.41, 5.74) is 0.591. The van der Waals surface area contributed by atoms with Gasteiger partial charge in [-0.05, 0) is 48.9 Å². The number of carboxylic acid groups (broad SMARTS) is 1. The van der Waals surface area contributed by atoms with E-state index < -0.39 is 29.2 Å². The molecular formula is C23H19ClN4O6S3. The van der Waals surface area contributed by atoms with Crippen molar-refractivity contribution in [3.8, 4) is 5.75 Å². The molecule has 0 radical (unpaired) electrons. The summed E-state index contributed by atoms with van der Waals surface area (Å²) in [5, 5.41) is 21.4. The Kier molecular flexibility index (Phi) is 7.47. The number of rotatable bonds is 9. The molecule has 3 aromatic rings. The maximum atomic E-state index is 12.9. The zero-order chi connectivity index (χ0) is 26.1. The highest BCUT2D eigenvalue weighted by Crippen LogP contribution is 2.42. The van der Waals surface area contributed by atoms with Crippen LogP contribution in [0.25, 0.3) is 0 Å². The summed E-state index contributed by atoms with van der Waals surface area (Å²) >= 11 is 10.1. The first-order chi connectivity index (χ1) is 17.8. The van der Waals surface area contributed by atoms with Crippen LogP contribution in [0.15, 0.2) is 56.4 Å². The number of carbonyl (C=O) groups is 3. The molecule has 0 spiro atoms. The number of nitrogens with one attached hydrogen (secondary N) is 1. The number of β-lactam (4-membered cyclic amide) rings is 1. The summed E-state index contributed by atoms with van der Waals surface area (Å²) in [5.74, 6) is -0.369. The molecule has 0 saturated carbocycles. The third-order valence-corrected chi connectivity index (χ3v) is 9.14. The second kappa shape index (κ2) is 10.8. The van der Waals surface area contributed by atoms with Gasteiger partial charge in [-0.25, -0.2) is 4.79 Å². The Hall–Kier alpha value is -3.00. The molecular weight excluding hydrogens is 560 g/mol. The molecule has 1 aromatic carbocycles. The van der Waals surface area contributed by atoms with Crippen molar-refractivity contribution in [2.45, 2.75) is 29.3 Å². The van der Waals surface area contributed by atoms with E-state index in [-0.39, 0.29) is 18.1 Å². The van der Waals surface area contributed by atoms with Crippen molar-refractivity contribution in [3.05, 3.63) is 69.2 Å². The van der Waals surface area contributed by atoms with E-state index in [0.717, 1.165) is 9.35 Å². The minimum atomic E-state index is -1.18. The molecule has 1 fully saturated rings. The van der Waals surface area contributed by atoms with E-state index >= 15 is 0 Å². The van der Waals surface area contributed by atoms with Crippen molar-refractivity contribution in [3.63, 3.8) is 0 Å². The number of carboxylic acids is 1.